The first kappa shape index (κ1) is 21.0. The summed E-state index contributed by atoms with van der Waals surface area (Å²) in [7, 11) is 0. The van der Waals surface area contributed by atoms with Gasteiger partial charge in [-0.3, -0.25) is 19.8 Å². The minimum absolute atomic E-state index is 0.0321. The summed E-state index contributed by atoms with van der Waals surface area (Å²) in [6.07, 6.45) is 1.14. The molecule has 2 aromatic carbocycles. The third-order valence-corrected chi connectivity index (χ3v) is 5.08. The number of carbonyl (C=O) groups is 1. The van der Waals surface area contributed by atoms with Gasteiger partial charge in [0.25, 0.3) is 5.69 Å². The van der Waals surface area contributed by atoms with Crippen molar-refractivity contribution in [1.82, 2.24) is 9.80 Å². The van der Waals surface area contributed by atoms with E-state index in [1.165, 1.54) is 12.1 Å². The van der Waals surface area contributed by atoms with E-state index in [0.29, 0.717) is 13.1 Å². The van der Waals surface area contributed by atoms with Crippen LogP contribution in [0, 0.1) is 10.1 Å². The van der Waals surface area contributed by atoms with E-state index >= 15 is 0 Å². The van der Waals surface area contributed by atoms with Gasteiger partial charge in [-0.1, -0.05) is 42.5 Å². The van der Waals surface area contributed by atoms with Crippen LogP contribution in [0.3, 0.4) is 0 Å². The fourth-order valence-corrected chi connectivity index (χ4v) is 3.43. The number of nitrogens with zero attached hydrogens (tertiary/aromatic N) is 3. The molecule has 0 saturated carbocycles. The van der Waals surface area contributed by atoms with Crippen LogP contribution < -0.4 is 0 Å². The maximum Gasteiger partial charge on any atom is 0.269 e. The Hall–Kier alpha value is -2.77. The molecule has 2 aromatic rings. The predicted octanol–water partition coefficient (Wildman–Crippen LogP) is 2.89. The largest absolute Gasteiger partial charge is 0.379 e. The Bertz CT molecular complexity index is 789. The standard InChI is InChI=1S/C22H27N3O4/c26-22(17-19-7-9-21(10-8-19)25(27)28)24(18-20-5-2-1-3-6-20)12-4-11-23-13-15-29-16-14-23/h1-3,5-10H,4,11-18H2. The number of nitro groups is 1. The van der Waals surface area contributed by atoms with E-state index < -0.39 is 4.92 Å². The predicted molar refractivity (Wildman–Crippen MR) is 111 cm³/mol. The Balaban J connectivity index is 1.60. The third-order valence-electron chi connectivity index (χ3n) is 5.08. The molecule has 0 unspecified atom stereocenters. The monoisotopic (exact) mass is 397 g/mol. The van der Waals surface area contributed by atoms with E-state index in [1.54, 1.807) is 12.1 Å². The summed E-state index contributed by atoms with van der Waals surface area (Å²) in [5.41, 5.74) is 1.91. The molecular weight excluding hydrogens is 370 g/mol. The maximum atomic E-state index is 13.0. The molecule has 7 heteroatoms. The fourth-order valence-electron chi connectivity index (χ4n) is 3.43. The van der Waals surface area contributed by atoms with E-state index in [2.05, 4.69) is 4.90 Å². The Morgan fingerprint density at radius 2 is 1.72 bits per heavy atom. The molecule has 0 atom stereocenters. The molecule has 0 spiro atoms. The zero-order chi connectivity index (χ0) is 20.5. The van der Waals surface area contributed by atoms with Crippen molar-refractivity contribution in [3.63, 3.8) is 0 Å². The summed E-state index contributed by atoms with van der Waals surface area (Å²) in [6, 6.07) is 16.2. The topological polar surface area (TPSA) is 75.9 Å². The molecule has 0 radical (unpaired) electrons. The van der Waals surface area contributed by atoms with Crippen LogP contribution in [0.1, 0.15) is 17.5 Å². The molecule has 0 bridgehead atoms. The van der Waals surface area contributed by atoms with E-state index in [4.69, 9.17) is 4.74 Å². The first-order chi connectivity index (χ1) is 14.1. The molecular formula is C22H27N3O4. The lowest BCUT2D eigenvalue weighted by atomic mass is 10.1. The number of carbonyl (C=O) groups excluding carboxylic acids is 1. The lowest BCUT2D eigenvalue weighted by Crippen LogP contribution is -2.39. The molecule has 0 aliphatic carbocycles. The molecule has 154 valence electrons. The van der Waals surface area contributed by atoms with Crippen molar-refractivity contribution in [1.29, 1.82) is 0 Å². The minimum atomic E-state index is -0.432. The highest BCUT2D eigenvalue weighted by Crippen LogP contribution is 2.14. The molecule has 7 nitrogen and oxygen atoms in total. The zero-order valence-corrected chi connectivity index (χ0v) is 16.5. The highest BCUT2D eigenvalue weighted by molar-refractivity contribution is 5.78. The van der Waals surface area contributed by atoms with Crippen LogP contribution in [-0.4, -0.2) is 60.0 Å². The van der Waals surface area contributed by atoms with Gasteiger partial charge in [0, 0.05) is 44.9 Å². The summed E-state index contributed by atoms with van der Waals surface area (Å²) in [6.45, 7) is 5.61. The highest BCUT2D eigenvalue weighted by atomic mass is 16.6. The van der Waals surface area contributed by atoms with Crippen molar-refractivity contribution in [3.05, 3.63) is 75.8 Å². The molecule has 1 saturated heterocycles. The maximum absolute atomic E-state index is 13.0. The van der Waals surface area contributed by atoms with Crippen LogP contribution in [0.4, 0.5) is 5.69 Å². The van der Waals surface area contributed by atoms with Crippen LogP contribution in [0.15, 0.2) is 54.6 Å². The van der Waals surface area contributed by atoms with Crippen molar-refractivity contribution in [2.24, 2.45) is 0 Å². The summed E-state index contributed by atoms with van der Waals surface area (Å²) in [4.78, 5) is 27.6. The van der Waals surface area contributed by atoms with Crippen LogP contribution >= 0.6 is 0 Å². The molecule has 1 heterocycles. The first-order valence-corrected chi connectivity index (χ1v) is 9.97. The molecule has 0 aromatic heterocycles. The summed E-state index contributed by atoms with van der Waals surface area (Å²) < 4.78 is 5.39. The number of non-ortho nitro benzene ring substituents is 1. The number of hydrogen-bond donors (Lipinski definition) is 0. The number of amides is 1. The van der Waals surface area contributed by atoms with Gasteiger partial charge < -0.3 is 9.64 Å². The second kappa shape index (κ2) is 10.7. The summed E-state index contributed by atoms with van der Waals surface area (Å²) in [5.74, 6) is 0.0321. The van der Waals surface area contributed by atoms with E-state index in [9.17, 15) is 14.9 Å². The Morgan fingerprint density at radius 3 is 2.38 bits per heavy atom. The second-order valence-electron chi connectivity index (χ2n) is 7.21. The third kappa shape index (κ3) is 6.66. The van der Waals surface area contributed by atoms with Gasteiger partial charge in [0.2, 0.25) is 5.91 Å². The van der Waals surface area contributed by atoms with Crippen molar-refractivity contribution in [2.75, 3.05) is 39.4 Å². The Labute approximate surface area is 171 Å². The van der Waals surface area contributed by atoms with Gasteiger partial charge >= 0.3 is 0 Å². The summed E-state index contributed by atoms with van der Waals surface area (Å²) >= 11 is 0. The van der Waals surface area contributed by atoms with Gasteiger partial charge in [-0.2, -0.15) is 0 Å². The van der Waals surface area contributed by atoms with Gasteiger partial charge in [-0.15, -0.1) is 0 Å². The average molecular weight is 397 g/mol. The molecule has 0 N–H and O–H groups in total. The summed E-state index contributed by atoms with van der Waals surface area (Å²) in [5, 5.41) is 10.8. The van der Waals surface area contributed by atoms with E-state index in [1.807, 2.05) is 35.2 Å². The minimum Gasteiger partial charge on any atom is -0.379 e. The van der Waals surface area contributed by atoms with Crippen molar-refractivity contribution in [2.45, 2.75) is 19.4 Å². The molecule has 3 rings (SSSR count). The average Bonchev–Trinajstić information content (AvgIpc) is 2.75. The molecule has 1 amide bonds. The number of rotatable bonds is 9. The first-order valence-electron chi connectivity index (χ1n) is 9.97. The van der Waals surface area contributed by atoms with Gasteiger partial charge in [0.15, 0.2) is 0 Å². The van der Waals surface area contributed by atoms with Crippen LogP contribution in [0.5, 0.6) is 0 Å². The second-order valence-corrected chi connectivity index (χ2v) is 7.21. The van der Waals surface area contributed by atoms with Gasteiger partial charge in [0.1, 0.15) is 0 Å². The van der Waals surface area contributed by atoms with Crippen LogP contribution in [0.2, 0.25) is 0 Å². The van der Waals surface area contributed by atoms with Crippen LogP contribution in [0.25, 0.3) is 0 Å². The number of nitro benzene ring substituents is 1. The number of benzene rings is 2. The van der Waals surface area contributed by atoms with E-state index in [0.717, 1.165) is 50.4 Å². The van der Waals surface area contributed by atoms with Gasteiger partial charge in [-0.05, 0) is 17.5 Å². The fraction of sp³-hybridized carbons (Fsp3) is 0.409. The number of morpholine rings is 1. The van der Waals surface area contributed by atoms with Gasteiger partial charge in [0.05, 0.1) is 24.6 Å². The van der Waals surface area contributed by atoms with Crippen molar-refractivity contribution >= 4 is 11.6 Å². The normalized spacial score (nSPS) is 14.5. The molecule has 29 heavy (non-hydrogen) atoms. The molecule has 1 fully saturated rings. The van der Waals surface area contributed by atoms with Crippen molar-refractivity contribution in [3.8, 4) is 0 Å². The van der Waals surface area contributed by atoms with Crippen molar-refractivity contribution < 1.29 is 14.5 Å². The lowest BCUT2D eigenvalue weighted by Gasteiger charge is -2.28. The van der Waals surface area contributed by atoms with Crippen LogP contribution in [-0.2, 0) is 22.5 Å². The Kier molecular flexibility index (Phi) is 7.72. The molecule has 1 aliphatic rings. The number of ether oxygens (including phenoxy) is 1. The zero-order valence-electron chi connectivity index (χ0n) is 16.5. The number of hydrogen-bond acceptors (Lipinski definition) is 5. The molecule has 1 aliphatic heterocycles. The smallest absolute Gasteiger partial charge is 0.269 e. The Morgan fingerprint density at radius 1 is 1.03 bits per heavy atom. The van der Waals surface area contributed by atoms with Gasteiger partial charge in [-0.25, -0.2) is 0 Å². The highest BCUT2D eigenvalue weighted by Gasteiger charge is 2.17. The quantitative estimate of drug-likeness (QED) is 0.480. The van der Waals surface area contributed by atoms with E-state index in [-0.39, 0.29) is 18.0 Å². The lowest BCUT2D eigenvalue weighted by molar-refractivity contribution is -0.384. The SMILES string of the molecule is O=C(Cc1ccc([N+](=O)[O-])cc1)N(CCCN1CCOCC1)Cc1ccccc1.